The molecule has 6 heteroatoms. The van der Waals surface area contributed by atoms with Gasteiger partial charge in [-0.15, -0.1) is 0 Å². The molecule has 1 aliphatic heterocycles. The molecule has 2 unspecified atom stereocenters. The summed E-state index contributed by atoms with van der Waals surface area (Å²) in [6.45, 7) is 0.154. The second kappa shape index (κ2) is 5.59. The number of nitrogens with zero attached hydrogens (tertiary/aromatic N) is 1. The lowest BCUT2D eigenvalue weighted by Gasteiger charge is -2.33. The summed E-state index contributed by atoms with van der Waals surface area (Å²) < 4.78 is 0. The Morgan fingerprint density at radius 1 is 1.26 bits per heavy atom. The van der Waals surface area contributed by atoms with E-state index in [1.165, 1.54) is 4.90 Å². The van der Waals surface area contributed by atoms with Crippen LogP contribution < -0.4 is 5.73 Å². The average Bonchev–Trinajstić information content (AvgIpc) is 2.73. The van der Waals surface area contributed by atoms with E-state index in [-0.39, 0.29) is 24.8 Å². The molecule has 0 radical (unpaired) electrons. The number of rotatable bonds is 4. The molecule has 6 nitrogen and oxygen atoms in total. The smallest absolute Gasteiger partial charge is 0.326 e. The van der Waals surface area contributed by atoms with Gasteiger partial charge in [0.2, 0.25) is 11.8 Å². The Labute approximate surface area is 111 Å². The molecule has 0 aromatic carbocycles. The molecular weight excluding hydrogens is 248 g/mol. The Bertz CT molecular complexity index is 390. The Kier molecular flexibility index (Phi) is 4.07. The minimum atomic E-state index is -0.967. The summed E-state index contributed by atoms with van der Waals surface area (Å²) in [5.41, 5.74) is 5.21. The molecule has 2 amide bonds. The van der Waals surface area contributed by atoms with Crippen LogP contribution in [0.5, 0.6) is 0 Å². The standard InChI is InChI=1S/C13H20N2O4/c14-12(17)9-6-10(16)15(7-9)11(13(18)19)8-4-2-1-3-5-8/h8-9,11H,1-7H2,(H2,14,17)(H,18,19). The molecule has 106 valence electrons. The van der Waals surface area contributed by atoms with E-state index >= 15 is 0 Å². The largest absolute Gasteiger partial charge is 0.480 e. The molecule has 2 rings (SSSR count). The number of nitrogens with two attached hydrogens (primary N) is 1. The van der Waals surface area contributed by atoms with Crippen LogP contribution in [0.15, 0.2) is 0 Å². The highest BCUT2D eigenvalue weighted by atomic mass is 16.4. The quantitative estimate of drug-likeness (QED) is 0.768. The topological polar surface area (TPSA) is 101 Å². The third-order valence-corrected chi connectivity index (χ3v) is 4.25. The monoisotopic (exact) mass is 268 g/mol. The number of hydrogen-bond acceptors (Lipinski definition) is 3. The van der Waals surface area contributed by atoms with Crippen LogP contribution in [-0.4, -0.2) is 40.4 Å². The van der Waals surface area contributed by atoms with Gasteiger partial charge in [0.25, 0.3) is 0 Å². The SMILES string of the molecule is NC(=O)C1CC(=O)N(C(C(=O)O)C2CCCCC2)C1. The van der Waals surface area contributed by atoms with E-state index in [2.05, 4.69) is 0 Å². The van der Waals surface area contributed by atoms with Crippen LogP contribution in [0.25, 0.3) is 0 Å². The molecule has 0 aromatic heterocycles. The highest BCUT2D eigenvalue weighted by Gasteiger charge is 2.43. The van der Waals surface area contributed by atoms with E-state index in [1.807, 2.05) is 0 Å². The number of likely N-dealkylation sites (tertiary alicyclic amines) is 1. The fraction of sp³-hybridized carbons (Fsp3) is 0.769. The molecule has 1 heterocycles. The minimum Gasteiger partial charge on any atom is -0.480 e. The molecule has 1 aliphatic carbocycles. The fourth-order valence-corrected chi connectivity index (χ4v) is 3.23. The molecule has 2 fully saturated rings. The Balaban J connectivity index is 2.13. The molecule has 1 saturated heterocycles. The van der Waals surface area contributed by atoms with Crippen molar-refractivity contribution in [2.45, 2.75) is 44.6 Å². The van der Waals surface area contributed by atoms with Crippen molar-refractivity contribution in [2.24, 2.45) is 17.6 Å². The zero-order chi connectivity index (χ0) is 14.0. The molecule has 2 atom stereocenters. The first kappa shape index (κ1) is 13.8. The number of hydrogen-bond donors (Lipinski definition) is 2. The third kappa shape index (κ3) is 2.88. The molecule has 0 aromatic rings. The summed E-state index contributed by atoms with van der Waals surface area (Å²) in [6.07, 6.45) is 4.86. The van der Waals surface area contributed by atoms with Crippen LogP contribution in [0.1, 0.15) is 38.5 Å². The summed E-state index contributed by atoms with van der Waals surface area (Å²) in [7, 11) is 0. The van der Waals surface area contributed by atoms with Gasteiger partial charge in [0.05, 0.1) is 5.92 Å². The number of amides is 2. The predicted octanol–water partition coefficient (Wildman–Crippen LogP) is 0.354. The lowest BCUT2D eigenvalue weighted by Crippen LogP contribution is -2.48. The van der Waals surface area contributed by atoms with Crippen molar-refractivity contribution in [3.8, 4) is 0 Å². The van der Waals surface area contributed by atoms with Crippen molar-refractivity contribution in [1.29, 1.82) is 0 Å². The normalized spacial score (nSPS) is 26.4. The molecule has 2 aliphatic rings. The molecule has 0 spiro atoms. The first-order valence-electron chi connectivity index (χ1n) is 6.82. The second-order valence-corrected chi connectivity index (χ2v) is 5.53. The van der Waals surface area contributed by atoms with Gasteiger partial charge in [-0.3, -0.25) is 9.59 Å². The van der Waals surface area contributed by atoms with E-state index < -0.39 is 23.8 Å². The van der Waals surface area contributed by atoms with E-state index in [1.54, 1.807) is 0 Å². The first-order valence-corrected chi connectivity index (χ1v) is 6.82. The number of primary amides is 1. The van der Waals surface area contributed by atoms with Crippen LogP contribution in [0.4, 0.5) is 0 Å². The fourth-order valence-electron chi connectivity index (χ4n) is 3.23. The van der Waals surface area contributed by atoms with E-state index in [0.717, 1.165) is 32.1 Å². The summed E-state index contributed by atoms with van der Waals surface area (Å²) in [5, 5.41) is 9.42. The van der Waals surface area contributed by atoms with E-state index in [9.17, 15) is 19.5 Å². The molecule has 1 saturated carbocycles. The predicted molar refractivity (Wildman–Crippen MR) is 67.0 cm³/mol. The van der Waals surface area contributed by atoms with Crippen LogP contribution >= 0.6 is 0 Å². The highest BCUT2D eigenvalue weighted by Crippen LogP contribution is 2.32. The van der Waals surface area contributed by atoms with Gasteiger partial charge in [-0.05, 0) is 18.8 Å². The van der Waals surface area contributed by atoms with Crippen LogP contribution in [0.3, 0.4) is 0 Å². The Morgan fingerprint density at radius 3 is 2.37 bits per heavy atom. The number of carboxylic acids is 1. The van der Waals surface area contributed by atoms with Crippen molar-refractivity contribution in [3.05, 3.63) is 0 Å². The third-order valence-electron chi connectivity index (χ3n) is 4.25. The summed E-state index contributed by atoms with van der Waals surface area (Å²) >= 11 is 0. The van der Waals surface area contributed by atoms with Crippen molar-refractivity contribution in [2.75, 3.05) is 6.54 Å². The van der Waals surface area contributed by atoms with E-state index in [0.29, 0.717) is 0 Å². The summed E-state index contributed by atoms with van der Waals surface area (Å²) in [6, 6.07) is -0.794. The molecular formula is C13H20N2O4. The average molecular weight is 268 g/mol. The van der Waals surface area contributed by atoms with Crippen LogP contribution in [-0.2, 0) is 14.4 Å². The molecule has 0 bridgehead atoms. The second-order valence-electron chi connectivity index (χ2n) is 5.53. The highest BCUT2D eigenvalue weighted by molar-refractivity contribution is 5.91. The van der Waals surface area contributed by atoms with Gasteiger partial charge in [0, 0.05) is 13.0 Å². The van der Waals surface area contributed by atoms with Gasteiger partial charge in [-0.25, -0.2) is 4.79 Å². The molecule has 3 N–H and O–H groups in total. The van der Waals surface area contributed by atoms with E-state index in [4.69, 9.17) is 5.73 Å². The van der Waals surface area contributed by atoms with Crippen LogP contribution in [0, 0.1) is 11.8 Å². The first-order chi connectivity index (χ1) is 9.00. The maximum absolute atomic E-state index is 11.9. The summed E-state index contributed by atoms with van der Waals surface area (Å²) in [5.74, 6) is -2.30. The lowest BCUT2D eigenvalue weighted by molar-refractivity contribution is -0.151. The maximum atomic E-state index is 11.9. The Morgan fingerprint density at radius 2 is 1.89 bits per heavy atom. The summed E-state index contributed by atoms with van der Waals surface area (Å²) in [4.78, 5) is 35.9. The van der Waals surface area contributed by atoms with Crippen molar-refractivity contribution in [1.82, 2.24) is 4.90 Å². The van der Waals surface area contributed by atoms with Crippen LogP contribution in [0.2, 0.25) is 0 Å². The number of carboxylic acid groups (broad SMARTS) is 1. The zero-order valence-electron chi connectivity index (χ0n) is 10.9. The van der Waals surface area contributed by atoms with Gasteiger partial charge in [0.1, 0.15) is 6.04 Å². The lowest BCUT2D eigenvalue weighted by atomic mass is 9.83. The van der Waals surface area contributed by atoms with Gasteiger partial charge >= 0.3 is 5.97 Å². The van der Waals surface area contributed by atoms with Gasteiger partial charge < -0.3 is 15.7 Å². The number of carbonyl (C=O) groups excluding carboxylic acids is 2. The molecule has 19 heavy (non-hydrogen) atoms. The van der Waals surface area contributed by atoms with Gasteiger partial charge in [0.15, 0.2) is 0 Å². The van der Waals surface area contributed by atoms with Crippen molar-refractivity contribution >= 4 is 17.8 Å². The van der Waals surface area contributed by atoms with Gasteiger partial charge in [-0.1, -0.05) is 19.3 Å². The Hall–Kier alpha value is -1.59. The van der Waals surface area contributed by atoms with Crippen molar-refractivity contribution < 1.29 is 19.5 Å². The zero-order valence-corrected chi connectivity index (χ0v) is 10.9. The maximum Gasteiger partial charge on any atom is 0.326 e. The minimum absolute atomic E-state index is 0.00169. The number of carbonyl (C=O) groups is 3. The number of aliphatic carboxylic acids is 1. The van der Waals surface area contributed by atoms with Crippen molar-refractivity contribution in [3.63, 3.8) is 0 Å². The van der Waals surface area contributed by atoms with Gasteiger partial charge in [-0.2, -0.15) is 0 Å².